The van der Waals surface area contributed by atoms with Gasteiger partial charge in [0.1, 0.15) is 51.9 Å². The molecule has 4 amide bonds. The summed E-state index contributed by atoms with van der Waals surface area (Å²) >= 11 is 27.1. The number of β-lactam (4-membered cyclic amide) rings is 2. The van der Waals surface area contributed by atoms with Gasteiger partial charge in [-0.15, -0.1) is 23.5 Å². The maximum Gasteiger partial charge on any atom is 0.327 e. The monoisotopic (exact) mass is 901 g/mol. The number of aromatic nitrogens is 1. The molecule has 57 heavy (non-hydrogen) atoms. The summed E-state index contributed by atoms with van der Waals surface area (Å²) in [4.78, 5) is 76.7. The van der Waals surface area contributed by atoms with Crippen molar-refractivity contribution in [1.82, 2.24) is 25.6 Å². The molecule has 304 valence electrons. The average molecular weight is 904 g/mol. The molecule has 4 saturated heterocycles. The van der Waals surface area contributed by atoms with Gasteiger partial charge in [0, 0.05) is 22.2 Å². The predicted octanol–water partition coefficient (Wildman–Crippen LogP) is 5.51. The Balaban J connectivity index is 0.000000194. The molecule has 0 radical (unpaired) electrons. The highest BCUT2D eigenvalue weighted by molar-refractivity contribution is 8.02. The second kappa shape index (κ2) is 15.8. The van der Waals surface area contributed by atoms with Gasteiger partial charge in [-0.1, -0.05) is 63.7 Å². The number of aliphatic carboxylic acids is 2. The molecule has 15 nitrogen and oxygen atoms in total. The summed E-state index contributed by atoms with van der Waals surface area (Å²) in [6, 6.07) is 6.06. The van der Waals surface area contributed by atoms with Gasteiger partial charge in [-0.25, -0.2) is 9.59 Å². The number of methoxy groups -OCH3 is 1. The zero-order chi connectivity index (χ0) is 42.0. The molecular formula is C36H35Cl4N5O10S2. The van der Waals surface area contributed by atoms with Gasteiger partial charge >= 0.3 is 11.9 Å². The van der Waals surface area contributed by atoms with Crippen LogP contribution in [0.4, 0.5) is 0 Å². The molecular weight excluding hydrogens is 868 g/mol. The number of hydrogen-bond donors (Lipinski definition) is 4. The fourth-order valence-corrected chi connectivity index (χ4v) is 11.5. The molecule has 1 unspecified atom stereocenters. The minimum atomic E-state index is -1.07. The van der Waals surface area contributed by atoms with Gasteiger partial charge < -0.3 is 39.9 Å². The molecule has 0 aliphatic carbocycles. The summed E-state index contributed by atoms with van der Waals surface area (Å²) in [5.41, 5.74) is 1.14. The quantitative estimate of drug-likeness (QED) is 0.196. The van der Waals surface area contributed by atoms with E-state index in [1.807, 2.05) is 0 Å². The molecule has 0 bridgehead atoms. The normalized spacial score (nSPS) is 25.6. The third kappa shape index (κ3) is 7.56. The molecule has 7 rings (SSSR count). The first-order valence-corrected chi connectivity index (χ1v) is 20.3. The lowest BCUT2D eigenvalue weighted by molar-refractivity contribution is -0.161. The first-order valence-electron chi connectivity index (χ1n) is 17.1. The van der Waals surface area contributed by atoms with Crippen LogP contribution in [0.25, 0.3) is 11.3 Å². The highest BCUT2D eigenvalue weighted by Gasteiger charge is 2.65. The topological polar surface area (TPSA) is 209 Å². The molecule has 0 saturated carbocycles. The van der Waals surface area contributed by atoms with Gasteiger partial charge in [0.2, 0.25) is 11.8 Å². The van der Waals surface area contributed by atoms with Gasteiger partial charge in [-0.3, -0.25) is 19.2 Å². The number of halogens is 4. The number of amides is 4. The molecule has 1 aromatic heterocycles. The Morgan fingerprint density at radius 1 is 0.825 bits per heavy atom. The van der Waals surface area contributed by atoms with E-state index in [1.165, 1.54) is 46.5 Å². The Labute approximate surface area is 354 Å². The summed E-state index contributed by atoms with van der Waals surface area (Å²) in [6.07, 6.45) is -0.976. The molecule has 4 aliphatic heterocycles. The van der Waals surface area contributed by atoms with Crippen LogP contribution in [0.5, 0.6) is 0 Å². The third-order valence-electron chi connectivity index (χ3n) is 9.94. The number of carbonyl (C=O) groups is 6. The fourth-order valence-electron chi connectivity index (χ4n) is 7.34. The van der Waals surface area contributed by atoms with Crippen molar-refractivity contribution in [1.29, 1.82) is 0 Å². The maximum atomic E-state index is 13.1. The number of carboxylic acids is 2. The van der Waals surface area contributed by atoms with Crippen LogP contribution in [0.2, 0.25) is 20.1 Å². The van der Waals surface area contributed by atoms with Gasteiger partial charge in [-0.2, -0.15) is 0 Å². The highest BCUT2D eigenvalue weighted by Crippen LogP contribution is 2.52. The first kappa shape index (κ1) is 42.9. The minimum Gasteiger partial charge on any atom is -0.480 e. The van der Waals surface area contributed by atoms with E-state index in [1.54, 1.807) is 65.0 Å². The SMILES string of the molecule is COC(C(=O)N[C@@H]1C(=O)N2[C@@H]1SC(C)(C)[C@@H]2C(=O)O)c1ccc(Cl)c(Cl)c1.Cc1onc(-c2c(Cl)cccc2Cl)c1C(=O)N[C@@H]1C(=O)N2[C@@H]1SC(C)(C)[C@@H]2C(=O)O. The number of ether oxygens (including phenoxy) is 1. The smallest absolute Gasteiger partial charge is 0.327 e. The molecule has 21 heteroatoms. The zero-order valence-electron chi connectivity index (χ0n) is 30.8. The van der Waals surface area contributed by atoms with Gasteiger partial charge in [0.05, 0.1) is 20.1 Å². The van der Waals surface area contributed by atoms with E-state index in [4.69, 9.17) is 55.7 Å². The molecule has 4 N–H and O–H groups in total. The van der Waals surface area contributed by atoms with Crippen LogP contribution in [0, 0.1) is 6.92 Å². The van der Waals surface area contributed by atoms with Gasteiger partial charge in [-0.05, 0) is 64.4 Å². The van der Waals surface area contributed by atoms with Crippen molar-refractivity contribution in [3.05, 3.63) is 73.4 Å². The van der Waals surface area contributed by atoms with Crippen LogP contribution in [-0.2, 0) is 28.7 Å². The number of carboxylic acid groups (broad SMARTS) is 2. The van der Waals surface area contributed by atoms with Crippen molar-refractivity contribution < 1.29 is 48.2 Å². The Kier molecular flexibility index (Phi) is 11.9. The Hall–Kier alpha value is -3.71. The standard InChI is InChI=1S/C19H17Cl2N3O5S.C17H18Cl2N2O5S/c1-7-10(12(23-29-7)11-8(20)5-4-6-9(11)21)15(25)22-13-16(26)24-14(18(27)28)19(2,3)30-17(13)24;1-17(2)12(16(24)25)21-14(23)10(15(21)27-17)20-13(22)11(26-3)7-4-5-8(18)9(19)6-7/h4-6,13-14,17H,1-3H3,(H,22,25)(H,27,28);4-6,10-12,15H,1-3H3,(H,20,22)(H,24,25)/t13-,14+,17-;10-,11?,12+,15-/m11/s1. The van der Waals surface area contributed by atoms with Crippen molar-refractivity contribution >= 4 is 105 Å². The first-order chi connectivity index (χ1) is 26.6. The second-order valence-corrected chi connectivity index (χ2v) is 19.7. The number of nitrogens with one attached hydrogen (secondary N) is 2. The molecule has 7 atom stereocenters. The molecule has 0 spiro atoms. The number of fused-ring (bicyclic) bond motifs is 2. The van der Waals surface area contributed by atoms with Crippen LogP contribution < -0.4 is 10.6 Å². The Morgan fingerprint density at radius 2 is 1.33 bits per heavy atom. The van der Waals surface area contributed by atoms with E-state index >= 15 is 0 Å². The van der Waals surface area contributed by atoms with Crippen molar-refractivity contribution in [2.24, 2.45) is 0 Å². The van der Waals surface area contributed by atoms with Crippen LogP contribution in [0.3, 0.4) is 0 Å². The van der Waals surface area contributed by atoms with E-state index in [0.717, 1.165) is 0 Å². The van der Waals surface area contributed by atoms with Crippen molar-refractivity contribution in [2.45, 2.75) is 85.1 Å². The number of rotatable bonds is 9. The van der Waals surface area contributed by atoms with Crippen LogP contribution in [0.15, 0.2) is 40.9 Å². The zero-order valence-corrected chi connectivity index (χ0v) is 35.5. The molecule has 2 aromatic carbocycles. The molecule has 4 aliphatic rings. The Morgan fingerprint density at radius 3 is 1.81 bits per heavy atom. The number of carbonyl (C=O) groups excluding carboxylic acids is 4. The average Bonchev–Trinajstić information content (AvgIpc) is 3.72. The summed E-state index contributed by atoms with van der Waals surface area (Å²) in [6.45, 7) is 8.65. The van der Waals surface area contributed by atoms with E-state index < -0.39 is 86.1 Å². The Bertz CT molecular complexity index is 2180. The number of thioether (sulfide) groups is 2. The van der Waals surface area contributed by atoms with E-state index in [-0.39, 0.29) is 22.0 Å². The van der Waals surface area contributed by atoms with Gasteiger partial charge in [0.15, 0.2) is 6.10 Å². The summed E-state index contributed by atoms with van der Waals surface area (Å²) in [5.74, 6) is -3.82. The van der Waals surface area contributed by atoms with E-state index in [9.17, 15) is 39.0 Å². The molecule has 3 aromatic rings. The number of benzene rings is 2. The highest BCUT2D eigenvalue weighted by atomic mass is 35.5. The number of nitrogens with zero attached hydrogens (tertiary/aromatic N) is 3. The predicted molar refractivity (Wildman–Crippen MR) is 214 cm³/mol. The van der Waals surface area contributed by atoms with Crippen molar-refractivity contribution in [3.63, 3.8) is 0 Å². The summed E-state index contributed by atoms with van der Waals surface area (Å²) in [5, 5.41) is 28.6. The number of hydrogen-bond acceptors (Lipinski definition) is 11. The largest absolute Gasteiger partial charge is 0.480 e. The lowest BCUT2D eigenvalue weighted by Gasteiger charge is -2.43. The number of aryl methyl sites for hydroxylation is 1. The lowest BCUT2D eigenvalue weighted by atomic mass is 9.95. The van der Waals surface area contributed by atoms with Crippen LogP contribution in [-0.4, -0.2) is 112 Å². The summed E-state index contributed by atoms with van der Waals surface area (Å²) < 4.78 is 9.13. The maximum absolute atomic E-state index is 13.1. The molecule has 4 fully saturated rings. The molecule has 5 heterocycles. The van der Waals surface area contributed by atoms with Crippen molar-refractivity contribution in [2.75, 3.05) is 7.11 Å². The lowest BCUT2D eigenvalue weighted by Crippen LogP contribution is -2.70. The fraction of sp³-hybridized carbons (Fsp3) is 0.417. The second-order valence-electron chi connectivity index (χ2n) is 14.5. The summed E-state index contributed by atoms with van der Waals surface area (Å²) in [7, 11) is 1.37. The van der Waals surface area contributed by atoms with Crippen molar-refractivity contribution in [3.8, 4) is 11.3 Å². The van der Waals surface area contributed by atoms with E-state index in [2.05, 4.69) is 15.8 Å². The van der Waals surface area contributed by atoms with Gasteiger partial charge in [0.25, 0.3) is 11.8 Å². The van der Waals surface area contributed by atoms with Crippen LogP contribution >= 0.6 is 69.9 Å². The van der Waals surface area contributed by atoms with Crippen LogP contribution in [0.1, 0.15) is 55.5 Å². The van der Waals surface area contributed by atoms with E-state index in [0.29, 0.717) is 26.2 Å². The minimum absolute atomic E-state index is 0.119. The third-order valence-corrected chi connectivity index (χ3v) is 14.5.